The first-order valence-corrected chi connectivity index (χ1v) is 8.84. The molecule has 0 fully saturated rings. The van der Waals surface area contributed by atoms with Gasteiger partial charge in [0.2, 0.25) is 0 Å². The molecule has 23 heavy (non-hydrogen) atoms. The van der Waals surface area contributed by atoms with Gasteiger partial charge in [-0.25, -0.2) is 0 Å². The largest absolute Gasteiger partial charge is 0.469 e. The van der Waals surface area contributed by atoms with Crippen LogP contribution in [-0.2, 0) is 33.5 Å². The number of unbranched alkanes of at least 4 members (excludes halogenated alkanes) is 1. The Bertz CT molecular complexity index is 501. The molecular weight excluding hydrogens is 290 g/mol. The summed E-state index contributed by atoms with van der Waals surface area (Å²) >= 11 is 0. The van der Waals surface area contributed by atoms with Gasteiger partial charge in [0.15, 0.2) is 0 Å². The molecule has 1 heterocycles. The summed E-state index contributed by atoms with van der Waals surface area (Å²) in [5, 5.41) is 0. The molecule has 0 saturated heterocycles. The highest BCUT2D eigenvalue weighted by atomic mass is 16.5. The monoisotopic (exact) mass is 319 g/mol. The lowest BCUT2D eigenvalue weighted by atomic mass is 9.95. The first-order chi connectivity index (χ1) is 11.2. The number of aryl methyl sites for hydroxylation is 3. The lowest BCUT2D eigenvalue weighted by Gasteiger charge is -2.15. The molecule has 1 aromatic rings. The van der Waals surface area contributed by atoms with E-state index in [0.29, 0.717) is 6.61 Å². The Morgan fingerprint density at radius 1 is 1.22 bits per heavy atom. The summed E-state index contributed by atoms with van der Waals surface area (Å²) in [7, 11) is 1.43. The van der Waals surface area contributed by atoms with Crippen molar-refractivity contribution in [1.29, 1.82) is 0 Å². The molecule has 0 aromatic carbocycles. The van der Waals surface area contributed by atoms with E-state index in [0.717, 1.165) is 38.7 Å². The Morgan fingerprint density at radius 3 is 2.87 bits per heavy atom. The molecule has 1 aliphatic rings. The first kappa shape index (κ1) is 17.9. The van der Waals surface area contributed by atoms with Crippen molar-refractivity contribution < 1.29 is 14.3 Å². The molecular formula is C19H29NO3. The van der Waals surface area contributed by atoms with Gasteiger partial charge in [0, 0.05) is 24.6 Å². The van der Waals surface area contributed by atoms with E-state index >= 15 is 0 Å². The number of hydrogen-bond acceptors (Lipinski definition) is 4. The van der Waals surface area contributed by atoms with Gasteiger partial charge in [0.1, 0.15) is 0 Å². The minimum atomic E-state index is -0.160. The first-order valence-electron chi connectivity index (χ1n) is 8.84. The van der Waals surface area contributed by atoms with Crippen molar-refractivity contribution in [3.05, 3.63) is 29.1 Å². The molecule has 128 valence electrons. The summed E-state index contributed by atoms with van der Waals surface area (Å²) in [5.74, 6) is -0.244. The van der Waals surface area contributed by atoms with Gasteiger partial charge in [-0.2, -0.15) is 0 Å². The van der Waals surface area contributed by atoms with Crippen LogP contribution in [0.3, 0.4) is 0 Å². The zero-order valence-corrected chi connectivity index (χ0v) is 14.5. The van der Waals surface area contributed by atoms with Crippen LogP contribution in [-0.4, -0.2) is 31.3 Å². The van der Waals surface area contributed by atoms with E-state index in [1.54, 1.807) is 0 Å². The van der Waals surface area contributed by atoms with Crippen LogP contribution in [0.1, 0.15) is 56.0 Å². The molecule has 0 radical (unpaired) electrons. The van der Waals surface area contributed by atoms with Gasteiger partial charge in [0.25, 0.3) is 0 Å². The van der Waals surface area contributed by atoms with E-state index in [-0.39, 0.29) is 11.9 Å². The second-order valence-electron chi connectivity index (χ2n) is 6.40. The zero-order chi connectivity index (χ0) is 16.5. The molecule has 1 aliphatic carbocycles. The normalized spacial score (nSPS) is 15.0. The number of methoxy groups -OCH3 is 1. The van der Waals surface area contributed by atoms with Crippen LogP contribution in [0.25, 0.3) is 0 Å². The Labute approximate surface area is 139 Å². The highest BCUT2D eigenvalue weighted by Crippen LogP contribution is 2.20. The molecule has 0 saturated carbocycles. The van der Waals surface area contributed by atoms with Crippen LogP contribution in [0.4, 0.5) is 0 Å². The highest BCUT2D eigenvalue weighted by molar-refractivity contribution is 5.71. The third-order valence-corrected chi connectivity index (χ3v) is 4.51. The van der Waals surface area contributed by atoms with E-state index in [1.165, 1.54) is 43.3 Å². The number of fused-ring (bicyclic) bond motifs is 1. The number of carbonyl (C=O) groups is 1. The summed E-state index contributed by atoms with van der Waals surface area (Å²) in [6, 6.07) is 4.45. The third-order valence-electron chi connectivity index (χ3n) is 4.51. The van der Waals surface area contributed by atoms with Crippen LogP contribution in [0, 0.1) is 5.92 Å². The number of rotatable bonds is 9. The highest BCUT2D eigenvalue weighted by Gasteiger charge is 2.12. The van der Waals surface area contributed by atoms with Crippen molar-refractivity contribution in [2.24, 2.45) is 5.92 Å². The minimum Gasteiger partial charge on any atom is -0.469 e. The lowest BCUT2D eigenvalue weighted by Crippen LogP contribution is -2.15. The van der Waals surface area contributed by atoms with Gasteiger partial charge >= 0.3 is 5.97 Å². The van der Waals surface area contributed by atoms with Crippen LogP contribution >= 0.6 is 0 Å². The standard InChI is InChI=1S/C19H29NO3/c1-15(19(21)22-2)12-14-23-13-6-5-8-17-11-10-16-7-3-4-9-18(16)20-17/h10-11,15H,3-9,12-14H2,1-2H3. The third kappa shape index (κ3) is 5.94. The van der Waals surface area contributed by atoms with E-state index in [2.05, 4.69) is 12.1 Å². The number of carbonyl (C=O) groups excluding carboxylic acids is 1. The molecule has 0 bridgehead atoms. The molecule has 1 aromatic heterocycles. The van der Waals surface area contributed by atoms with Crippen LogP contribution in [0.2, 0.25) is 0 Å². The summed E-state index contributed by atoms with van der Waals surface area (Å²) in [6.07, 6.45) is 8.80. The predicted octanol–water partition coefficient (Wildman–Crippen LogP) is 3.50. The Balaban J connectivity index is 1.56. The Hall–Kier alpha value is -1.42. The quantitative estimate of drug-likeness (QED) is 0.516. The number of esters is 1. The van der Waals surface area contributed by atoms with Gasteiger partial charge < -0.3 is 9.47 Å². The molecule has 4 heteroatoms. The molecule has 4 nitrogen and oxygen atoms in total. The second-order valence-corrected chi connectivity index (χ2v) is 6.40. The van der Waals surface area contributed by atoms with E-state index in [4.69, 9.17) is 14.5 Å². The molecule has 0 spiro atoms. The van der Waals surface area contributed by atoms with E-state index < -0.39 is 0 Å². The van der Waals surface area contributed by atoms with Crippen molar-refractivity contribution in [3.63, 3.8) is 0 Å². The number of ether oxygens (including phenoxy) is 2. The molecule has 1 atom stereocenters. The topological polar surface area (TPSA) is 48.4 Å². The maximum absolute atomic E-state index is 11.3. The van der Waals surface area contributed by atoms with Crippen LogP contribution in [0.15, 0.2) is 12.1 Å². The number of nitrogens with zero attached hydrogens (tertiary/aromatic N) is 1. The molecule has 1 unspecified atom stereocenters. The number of pyridine rings is 1. The number of aromatic nitrogens is 1. The SMILES string of the molecule is COC(=O)C(C)CCOCCCCc1ccc2c(n1)CCCC2. The minimum absolute atomic E-state index is 0.0836. The van der Waals surface area contributed by atoms with Gasteiger partial charge in [-0.3, -0.25) is 9.78 Å². The maximum Gasteiger partial charge on any atom is 0.308 e. The molecule has 0 N–H and O–H groups in total. The summed E-state index contributed by atoms with van der Waals surface area (Å²) in [6.45, 7) is 3.24. The fourth-order valence-electron chi connectivity index (χ4n) is 2.96. The predicted molar refractivity (Wildman–Crippen MR) is 90.4 cm³/mol. The molecule has 2 rings (SSSR count). The van der Waals surface area contributed by atoms with E-state index in [1.807, 2.05) is 6.92 Å². The fraction of sp³-hybridized carbons (Fsp3) is 0.684. The summed E-state index contributed by atoms with van der Waals surface area (Å²) < 4.78 is 10.3. The van der Waals surface area contributed by atoms with Crippen molar-refractivity contribution in [3.8, 4) is 0 Å². The Morgan fingerprint density at radius 2 is 2.04 bits per heavy atom. The van der Waals surface area contributed by atoms with Gasteiger partial charge in [-0.05, 0) is 63.0 Å². The van der Waals surface area contributed by atoms with Crippen molar-refractivity contribution in [2.45, 2.75) is 58.3 Å². The summed E-state index contributed by atoms with van der Waals surface area (Å²) in [4.78, 5) is 16.1. The Kier molecular flexibility index (Phi) is 7.53. The van der Waals surface area contributed by atoms with E-state index in [9.17, 15) is 4.79 Å². The maximum atomic E-state index is 11.3. The zero-order valence-electron chi connectivity index (χ0n) is 14.5. The van der Waals surface area contributed by atoms with Gasteiger partial charge in [-0.1, -0.05) is 13.0 Å². The molecule has 0 aliphatic heterocycles. The van der Waals surface area contributed by atoms with Crippen molar-refractivity contribution >= 4 is 5.97 Å². The smallest absolute Gasteiger partial charge is 0.308 e. The van der Waals surface area contributed by atoms with Gasteiger partial charge in [0.05, 0.1) is 13.0 Å². The molecule has 0 amide bonds. The van der Waals surface area contributed by atoms with Crippen LogP contribution < -0.4 is 0 Å². The average Bonchev–Trinajstić information content (AvgIpc) is 2.59. The van der Waals surface area contributed by atoms with Gasteiger partial charge in [-0.15, -0.1) is 0 Å². The lowest BCUT2D eigenvalue weighted by molar-refractivity contribution is -0.145. The van der Waals surface area contributed by atoms with Crippen LogP contribution in [0.5, 0.6) is 0 Å². The fourth-order valence-corrected chi connectivity index (χ4v) is 2.96. The van der Waals surface area contributed by atoms with Crippen molar-refractivity contribution in [2.75, 3.05) is 20.3 Å². The summed E-state index contributed by atoms with van der Waals surface area (Å²) in [5.41, 5.74) is 3.98. The average molecular weight is 319 g/mol. The second kappa shape index (κ2) is 9.66. The number of hydrogen-bond donors (Lipinski definition) is 0. The van der Waals surface area contributed by atoms with Crippen molar-refractivity contribution in [1.82, 2.24) is 4.98 Å².